The third-order valence-electron chi connectivity index (χ3n) is 3.94. The quantitative estimate of drug-likeness (QED) is 0.652. The van der Waals surface area contributed by atoms with E-state index in [1.807, 2.05) is 0 Å². The van der Waals surface area contributed by atoms with Crippen LogP contribution in [0.5, 0.6) is 0 Å². The van der Waals surface area contributed by atoms with Crippen LogP contribution < -0.4 is 11.1 Å². The smallest absolute Gasteiger partial charge is 0.0205 e. The summed E-state index contributed by atoms with van der Waals surface area (Å²) in [7, 11) is 0. The Morgan fingerprint density at radius 1 is 0.773 bits per heavy atom. The van der Waals surface area contributed by atoms with Crippen LogP contribution >= 0.6 is 0 Å². The van der Waals surface area contributed by atoms with E-state index in [1.165, 1.54) is 30.4 Å². The molecule has 2 aromatic carbocycles. The first-order chi connectivity index (χ1) is 10.8. The van der Waals surface area contributed by atoms with Gasteiger partial charge in [-0.15, -0.1) is 0 Å². The lowest BCUT2D eigenvalue weighted by molar-refractivity contribution is 0.534. The van der Waals surface area contributed by atoms with Crippen molar-refractivity contribution in [2.24, 2.45) is 5.73 Å². The molecule has 0 fully saturated rings. The lowest BCUT2D eigenvalue weighted by Crippen LogP contribution is -2.22. The lowest BCUT2D eigenvalue weighted by atomic mass is 10.0. The van der Waals surface area contributed by atoms with E-state index in [-0.39, 0.29) is 0 Å². The van der Waals surface area contributed by atoms with Crippen LogP contribution in [0.1, 0.15) is 36.8 Å². The lowest BCUT2D eigenvalue weighted by Gasteiger charge is -2.11. The summed E-state index contributed by atoms with van der Waals surface area (Å²) in [6.45, 7) is 2.05. The molecule has 0 amide bonds. The molecule has 0 aliphatic carbocycles. The molecule has 0 heterocycles. The molecule has 0 aliphatic heterocycles. The zero-order chi connectivity index (χ0) is 15.5. The van der Waals surface area contributed by atoms with E-state index in [9.17, 15) is 0 Å². The third-order valence-corrected chi connectivity index (χ3v) is 3.94. The molecule has 3 N–H and O–H groups in total. The molecule has 0 spiro atoms. The maximum atomic E-state index is 6.21. The van der Waals surface area contributed by atoms with Crippen molar-refractivity contribution >= 4 is 0 Å². The summed E-state index contributed by atoms with van der Waals surface area (Å²) in [5.74, 6) is 0. The van der Waals surface area contributed by atoms with E-state index < -0.39 is 0 Å². The minimum absolute atomic E-state index is 0.291. The number of benzene rings is 2. The van der Waals surface area contributed by atoms with Gasteiger partial charge in [0, 0.05) is 12.6 Å². The van der Waals surface area contributed by atoms with Gasteiger partial charge < -0.3 is 11.1 Å². The van der Waals surface area contributed by atoms with Crippen LogP contribution in [0.15, 0.2) is 60.7 Å². The van der Waals surface area contributed by atoms with Crippen LogP contribution in [0.2, 0.25) is 0 Å². The number of nitrogens with two attached hydrogens (primary N) is 1. The predicted octanol–water partition coefficient (Wildman–Crippen LogP) is 3.91. The second kappa shape index (κ2) is 10.1. The predicted molar refractivity (Wildman–Crippen MR) is 94.7 cm³/mol. The minimum Gasteiger partial charge on any atom is -0.327 e. The van der Waals surface area contributed by atoms with E-state index in [0.717, 1.165) is 25.9 Å². The van der Waals surface area contributed by atoms with E-state index in [4.69, 9.17) is 5.73 Å². The largest absolute Gasteiger partial charge is 0.327 e. The Kier molecular flexibility index (Phi) is 7.71. The summed E-state index contributed by atoms with van der Waals surface area (Å²) in [5, 5.41) is 3.50. The van der Waals surface area contributed by atoms with Crippen molar-refractivity contribution < 1.29 is 0 Å². The highest BCUT2D eigenvalue weighted by Gasteiger charge is 2.03. The van der Waals surface area contributed by atoms with Crippen LogP contribution in [-0.2, 0) is 13.0 Å². The monoisotopic (exact) mass is 296 g/mol. The summed E-state index contributed by atoms with van der Waals surface area (Å²) >= 11 is 0. The van der Waals surface area contributed by atoms with Gasteiger partial charge in [-0.3, -0.25) is 0 Å². The molecule has 2 nitrogen and oxygen atoms in total. The molecule has 118 valence electrons. The normalized spacial score (nSPS) is 12.2. The molecule has 2 rings (SSSR count). The second-order valence-corrected chi connectivity index (χ2v) is 5.96. The van der Waals surface area contributed by atoms with E-state index in [1.54, 1.807) is 0 Å². The van der Waals surface area contributed by atoms with Crippen LogP contribution in [0.4, 0.5) is 0 Å². The molecule has 0 radical (unpaired) electrons. The number of hydrogen-bond acceptors (Lipinski definition) is 2. The van der Waals surface area contributed by atoms with Crippen molar-refractivity contribution in [3.8, 4) is 0 Å². The molecule has 1 atom stereocenters. The van der Waals surface area contributed by atoms with E-state index in [2.05, 4.69) is 66.0 Å². The van der Waals surface area contributed by atoms with Crippen molar-refractivity contribution in [3.63, 3.8) is 0 Å². The first-order valence-corrected chi connectivity index (χ1v) is 8.39. The van der Waals surface area contributed by atoms with E-state index >= 15 is 0 Å². The van der Waals surface area contributed by atoms with Crippen molar-refractivity contribution in [1.82, 2.24) is 5.32 Å². The van der Waals surface area contributed by atoms with Crippen LogP contribution in [0, 0.1) is 0 Å². The molecule has 0 aromatic heterocycles. The number of unbranched alkanes of at least 4 members (excludes halogenated alkanes) is 2. The summed E-state index contributed by atoms with van der Waals surface area (Å²) in [6.07, 6.45) is 5.82. The molecule has 1 unspecified atom stereocenters. The average molecular weight is 296 g/mol. The van der Waals surface area contributed by atoms with E-state index in [0.29, 0.717) is 6.04 Å². The molecule has 22 heavy (non-hydrogen) atoms. The molecule has 2 aromatic rings. The van der Waals surface area contributed by atoms with Crippen molar-refractivity contribution in [2.45, 2.75) is 44.7 Å². The zero-order valence-electron chi connectivity index (χ0n) is 13.4. The van der Waals surface area contributed by atoms with Gasteiger partial charge >= 0.3 is 0 Å². The summed E-state index contributed by atoms with van der Waals surface area (Å²) in [5.41, 5.74) is 8.91. The van der Waals surface area contributed by atoms with Gasteiger partial charge in [0.25, 0.3) is 0 Å². The average Bonchev–Trinajstić information content (AvgIpc) is 2.56. The fourth-order valence-electron chi connectivity index (χ4n) is 2.68. The molecule has 0 bridgehead atoms. The van der Waals surface area contributed by atoms with Crippen LogP contribution in [0.3, 0.4) is 0 Å². The van der Waals surface area contributed by atoms with Gasteiger partial charge in [0.15, 0.2) is 0 Å². The van der Waals surface area contributed by atoms with Crippen molar-refractivity contribution in [3.05, 3.63) is 71.8 Å². The van der Waals surface area contributed by atoms with Gasteiger partial charge in [-0.2, -0.15) is 0 Å². The van der Waals surface area contributed by atoms with Gasteiger partial charge in [-0.05, 0) is 36.9 Å². The highest BCUT2D eigenvalue weighted by Crippen LogP contribution is 2.08. The number of hydrogen-bond donors (Lipinski definition) is 2. The fraction of sp³-hybridized carbons (Fsp3) is 0.400. The maximum Gasteiger partial charge on any atom is 0.0205 e. The Hall–Kier alpha value is -1.64. The summed E-state index contributed by atoms with van der Waals surface area (Å²) in [4.78, 5) is 0. The second-order valence-electron chi connectivity index (χ2n) is 5.96. The minimum atomic E-state index is 0.291. The Labute approximate surface area is 134 Å². The molecule has 0 saturated heterocycles. The van der Waals surface area contributed by atoms with Crippen molar-refractivity contribution in [1.29, 1.82) is 0 Å². The maximum absolute atomic E-state index is 6.21. The first-order valence-electron chi connectivity index (χ1n) is 8.39. The first kappa shape index (κ1) is 16.7. The van der Waals surface area contributed by atoms with Gasteiger partial charge in [0.1, 0.15) is 0 Å². The molecule has 0 aliphatic rings. The molecular formula is C20H28N2. The van der Waals surface area contributed by atoms with Crippen molar-refractivity contribution in [2.75, 3.05) is 6.54 Å². The highest BCUT2D eigenvalue weighted by molar-refractivity contribution is 5.15. The Morgan fingerprint density at radius 3 is 2.09 bits per heavy atom. The molecular weight excluding hydrogens is 268 g/mol. The Bertz CT molecular complexity index is 496. The van der Waals surface area contributed by atoms with Gasteiger partial charge in [0.2, 0.25) is 0 Å². The van der Waals surface area contributed by atoms with Gasteiger partial charge in [0.05, 0.1) is 0 Å². The van der Waals surface area contributed by atoms with Gasteiger partial charge in [-0.25, -0.2) is 0 Å². The fourth-order valence-corrected chi connectivity index (χ4v) is 2.68. The molecule has 0 saturated carbocycles. The topological polar surface area (TPSA) is 38.0 Å². The van der Waals surface area contributed by atoms with Gasteiger partial charge in [-0.1, -0.05) is 73.5 Å². The number of nitrogens with one attached hydrogen (secondary N) is 1. The standard InChI is InChI=1S/C20H28N2/c21-20(16-18-10-4-1-5-11-18)14-8-3-9-15-22-17-19-12-6-2-7-13-19/h1-2,4-7,10-13,20,22H,3,8-9,14-17,21H2. The number of rotatable bonds is 10. The Morgan fingerprint density at radius 2 is 1.41 bits per heavy atom. The zero-order valence-corrected chi connectivity index (χ0v) is 13.4. The molecule has 2 heteroatoms. The highest BCUT2D eigenvalue weighted by atomic mass is 14.8. The SMILES string of the molecule is NC(CCCCCNCc1ccccc1)Cc1ccccc1. The van der Waals surface area contributed by atoms with Crippen LogP contribution in [0.25, 0.3) is 0 Å². The summed E-state index contributed by atoms with van der Waals surface area (Å²) in [6, 6.07) is 21.4. The summed E-state index contributed by atoms with van der Waals surface area (Å²) < 4.78 is 0. The van der Waals surface area contributed by atoms with Crippen LogP contribution in [-0.4, -0.2) is 12.6 Å². The third kappa shape index (κ3) is 6.88. The Balaban J connectivity index is 1.47.